The number of benzene rings is 3. The maximum absolute atomic E-state index is 13.4. The maximum Gasteiger partial charge on any atom is 0.146 e. The van der Waals surface area contributed by atoms with Gasteiger partial charge in [-0.2, -0.15) is 0 Å². The molecule has 0 bridgehead atoms. The summed E-state index contributed by atoms with van der Waals surface area (Å²) in [5.41, 5.74) is 0.173. The lowest BCUT2D eigenvalue weighted by Gasteiger charge is -2.31. The minimum Gasteiger partial charge on any atom is -0.529 e. The lowest BCUT2D eigenvalue weighted by molar-refractivity contribution is -0.246. The Kier molecular flexibility index (Phi) is 6.33. The third-order valence-corrected chi connectivity index (χ3v) is 4.96. The largest absolute Gasteiger partial charge is 0.529 e. The zero-order valence-electron chi connectivity index (χ0n) is 15.7. The van der Waals surface area contributed by atoms with E-state index in [2.05, 4.69) is 0 Å². The van der Waals surface area contributed by atoms with Crippen molar-refractivity contribution in [1.29, 1.82) is 0 Å². The fourth-order valence-corrected chi connectivity index (χ4v) is 3.48. The molecular weight excluding hydrogens is 453 g/mol. The van der Waals surface area contributed by atoms with Gasteiger partial charge in [0.1, 0.15) is 23.8 Å². The molecule has 0 unspecified atom stereocenters. The number of amides is 2. The Bertz CT molecular complexity index is 1190. The molecule has 2 amide bonds. The Morgan fingerprint density at radius 2 is 1.23 bits per heavy atom. The SMILES string of the molecule is Cc1ccc(N(C(=O)[O-])c2ccc(F)cc2Cl)cc1N(C(=O)[O-])c1ccc(F)cc1Cl. The Hall–Kier alpha value is -3.36. The van der Waals surface area contributed by atoms with Crippen molar-refractivity contribution in [3.63, 3.8) is 0 Å². The van der Waals surface area contributed by atoms with Crippen LogP contribution >= 0.6 is 23.2 Å². The van der Waals surface area contributed by atoms with Crippen LogP contribution in [-0.2, 0) is 0 Å². The maximum atomic E-state index is 13.4. The van der Waals surface area contributed by atoms with E-state index in [1.54, 1.807) is 6.92 Å². The predicted molar refractivity (Wildman–Crippen MR) is 109 cm³/mol. The number of carbonyl (C=O) groups excluding carboxylic acids is 2. The molecule has 0 saturated carbocycles. The van der Waals surface area contributed by atoms with Crippen molar-refractivity contribution >= 4 is 58.1 Å². The van der Waals surface area contributed by atoms with Gasteiger partial charge in [0.25, 0.3) is 0 Å². The van der Waals surface area contributed by atoms with E-state index in [0.29, 0.717) is 15.4 Å². The molecule has 0 spiro atoms. The standard InChI is InChI=1S/C21H14Cl2F2N2O4/c1-11-2-5-14(26(20(28)29)17-6-3-12(24)8-15(17)22)10-19(11)27(21(30)31)18-7-4-13(25)9-16(18)23/h2-10H,1H3,(H,28,29)(H,30,31)/p-2. The topological polar surface area (TPSA) is 86.7 Å². The number of halogens is 4. The average Bonchev–Trinajstić information content (AvgIpc) is 2.67. The van der Waals surface area contributed by atoms with Crippen LogP contribution < -0.4 is 20.0 Å². The molecule has 0 aliphatic heterocycles. The second kappa shape index (κ2) is 8.79. The number of nitrogens with zero attached hydrogens (tertiary/aromatic N) is 2. The third kappa shape index (κ3) is 4.55. The van der Waals surface area contributed by atoms with Crippen molar-refractivity contribution in [3.8, 4) is 0 Å². The van der Waals surface area contributed by atoms with Gasteiger partial charge in [0.15, 0.2) is 0 Å². The normalized spacial score (nSPS) is 10.6. The molecule has 3 aromatic rings. The Balaban J connectivity index is 2.19. The summed E-state index contributed by atoms with van der Waals surface area (Å²) >= 11 is 12.0. The van der Waals surface area contributed by atoms with Gasteiger partial charge >= 0.3 is 0 Å². The molecule has 0 fully saturated rings. The van der Waals surface area contributed by atoms with E-state index in [4.69, 9.17) is 23.2 Å². The molecule has 0 aromatic heterocycles. The Morgan fingerprint density at radius 3 is 1.68 bits per heavy atom. The lowest BCUT2D eigenvalue weighted by atomic mass is 10.1. The lowest BCUT2D eigenvalue weighted by Crippen LogP contribution is -2.39. The zero-order valence-corrected chi connectivity index (χ0v) is 17.2. The first kappa shape index (κ1) is 22.3. The molecule has 3 rings (SSSR count). The van der Waals surface area contributed by atoms with Crippen LogP contribution in [0.15, 0.2) is 54.6 Å². The average molecular weight is 465 g/mol. The van der Waals surface area contributed by atoms with E-state index in [-0.39, 0.29) is 32.8 Å². The number of carboxylic acid groups (broad SMARTS) is 2. The molecular formula is C21H12Cl2F2N2O4-2. The first-order valence-electron chi connectivity index (χ1n) is 8.63. The molecule has 3 aromatic carbocycles. The highest BCUT2D eigenvalue weighted by atomic mass is 35.5. The molecule has 31 heavy (non-hydrogen) atoms. The number of carbonyl (C=O) groups is 2. The van der Waals surface area contributed by atoms with Gasteiger partial charge in [0.05, 0.1) is 27.1 Å². The summed E-state index contributed by atoms with van der Waals surface area (Å²) in [4.78, 5) is 25.1. The second-order valence-corrected chi connectivity index (χ2v) is 7.18. The summed E-state index contributed by atoms with van der Waals surface area (Å²) in [6.07, 6.45) is -3.38. The first-order chi connectivity index (χ1) is 14.6. The van der Waals surface area contributed by atoms with Gasteiger partial charge < -0.3 is 19.8 Å². The van der Waals surface area contributed by atoms with Gasteiger partial charge in [0, 0.05) is 5.69 Å². The summed E-state index contributed by atoms with van der Waals surface area (Å²) in [5, 5.41) is 23.4. The van der Waals surface area contributed by atoms with Crippen LogP contribution in [0, 0.1) is 18.6 Å². The van der Waals surface area contributed by atoms with Gasteiger partial charge in [-0.15, -0.1) is 0 Å². The van der Waals surface area contributed by atoms with Crippen molar-refractivity contribution in [2.45, 2.75) is 6.92 Å². The molecule has 160 valence electrons. The fourth-order valence-electron chi connectivity index (χ4n) is 2.97. The number of anilines is 4. The van der Waals surface area contributed by atoms with Crippen LogP contribution in [0.5, 0.6) is 0 Å². The molecule has 0 atom stereocenters. The zero-order chi connectivity index (χ0) is 22.9. The molecule has 0 saturated heterocycles. The van der Waals surface area contributed by atoms with Crippen molar-refractivity contribution in [2.75, 3.05) is 9.80 Å². The number of rotatable bonds is 4. The highest BCUT2D eigenvalue weighted by Gasteiger charge is 2.21. The van der Waals surface area contributed by atoms with Gasteiger partial charge in [-0.25, -0.2) is 8.78 Å². The molecule has 0 radical (unpaired) electrons. The summed E-state index contributed by atoms with van der Waals surface area (Å²) in [6.45, 7) is 1.57. The van der Waals surface area contributed by atoms with Crippen LogP contribution in [0.25, 0.3) is 0 Å². The third-order valence-electron chi connectivity index (χ3n) is 4.36. The minimum absolute atomic E-state index is 0.00417. The van der Waals surface area contributed by atoms with Crippen LogP contribution in [-0.4, -0.2) is 12.2 Å². The number of aryl methyl sites for hydroxylation is 1. The van der Waals surface area contributed by atoms with Crippen LogP contribution in [0.3, 0.4) is 0 Å². The summed E-state index contributed by atoms with van der Waals surface area (Å²) < 4.78 is 26.8. The predicted octanol–water partition coefficient (Wildman–Crippen LogP) is 4.54. The fraction of sp³-hybridized carbons (Fsp3) is 0.0476. The van der Waals surface area contributed by atoms with E-state index in [1.807, 2.05) is 0 Å². The number of hydrogen-bond acceptors (Lipinski definition) is 4. The van der Waals surface area contributed by atoms with Crippen molar-refractivity contribution in [3.05, 3.63) is 81.8 Å². The second-order valence-electron chi connectivity index (χ2n) is 6.36. The quantitative estimate of drug-likeness (QED) is 0.566. The first-order valence-corrected chi connectivity index (χ1v) is 9.38. The summed E-state index contributed by atoms with van der Waals surface area (Å²) in [7, 11) is 0. The molecule has 10 heteroatoms. The van der Waals surface area contributed by atoms with Gasteiger partial charge in [-0.05, 0) is 61.0 Å². The van der Waals surface area contributed by atoms with Gasteiger partial charge in [0.2, 0.25) is 0 Å². The van der Waals surface area contributed by atoms with E-state index in [0.717, 1.165) is 36.4 Å². The van der Waals surface area contributed by atoms with E-state index in [9.17, 15) is 28.6 Å². The molecule has 6 nitrogen and oxygen atoms in total. The van der Waals surface area contributed by atoms with Gasteiger partial charge in [-0.3, -0.25) is 9.80 Å². The van der Waals surface area contributed by atoms with Crippen molar-refractivity contribution in [2.24, 2.45) is 0 Å². The van der Waals surface area contributed by atoms with Crippen LogP contribution in [0.4, 0.5) is 41.1 Å². The monoisotopic (exact) mass is 464 g/mol. The van der Waals surface area contributed by atoms with Crippen LogP contribution in [0.1, 0.15) is 5.56 Å². The van der Waals surface area contributed by atoms with E-state index >= 15 is 0 Å². The molecule has 0 heterocycles. The Morgan fingerprint density at radius 1 is 0.742 bits per heavy atom. The highest BCUT2D eigenvalue weighted by molar-refractivity contribution is 6.34. The minimum atomic E-state index is -1.69. The highest BCUT2D eigenvalue weighted by Crippen LogP contribution is 2.38. The van der Waals surface area contributed by atoms with Crippen LogP contribution in [0.2, 0.25) is 10.0 Å². The van der Waals surface area contributed by atoms with Gasteiger partial charge in [-0.1, -0.05) is 29.3 Å². The van der Waals surface area contributed by atoms with Crippen molar-refractivity contribution < 1.29 is 28.6 Å². The van der Waals surface area contributed by atoms with E-state index < -0.39 is 23.8 Å². The molecule has 0 aliphatic carbocycles. The van der Waals surface area contributed by atoms with Crippen molar-refractivity contribution in [1.82, 2.24) is 0 Å². The molecule has 0 N–H and O–H groups in total. The molecule has 0 aliphatic rings. The van der Waals surface area contributed by atoms with E-state index in [1.165, 1.54) is 18.2 Å². The Labute approximate surface area is 185 Å². The number of hydrogen-bond donors (Lipinski definition) is 0. The summed E-state index contributed by atoms with van der Waals surface area (Å²) in [6, 6.07) is 10.2. The summed E-state index contributed by atoms with van der Waals surface area (Å²) in [5.74, 6) is -1.35. The smallest absolute Gasteiger partial charge is 0.146 e.